The Labute approximate surface area is 109 Å². The number of piperidine rings is 1. The van der Waals surface area contributed by atoms with Gasteiger partial charge in [-0.05, 0) is 40.5 Å². The van der Waals surface area contributed by atoms with Gasteiger partial charge >= 0.3 is 0 Å². The van der Waals surface area contributed by atoms with Crippen LogP contribution in [0.25, 0.3) is 0 Å². The van der Waals surface area contributed by atoms with E-state index in [4.69, 9.17) is 0 Å². The summed E-state index contributed by atoms with van der Waals surface area (Å²) in [6, 6.07) is 0. The number of nitrogens with zero attached hydrogens (tertiary/aromatic N) is 1. The van der Waals surface area contributed by atoms with Crippen LogP contribution in [0.5, 0.6) is 0 Å². The van der Waals surface area contributed by atoms with Gasteiger partial charge in [-0.15, -0.1) is 0 Å². The third kappa shape index (κ3) is 9.18. The fourth-order valence-electron chi connectivity index (χ4n) is 1.42. The van der Waals surface area contributed by atoms with Crippen molar-refractivity contribution in [3.05, 3.63) is 0 Å². The molecule has 0 aromatic rings. The van der Waals surface area contributed by atoms with Crippen LogP contribution >= 0.6 is 12.8 Å². The van der Waals surface area contributed by atoms with Crippen LogP contribution in [0.15, 0.2) is 0 Å². The van der Waals surface area contributed by atoms with Gasteiger partial charge in [0.05, 0.1) is 0 Å². The molecule has 17 heavy (non-hydrogen) atoms. The summed E-state index contributed by atoms with van der Waals surface area (Å²) in [7, 11) is 0. The van der Waals surface area contributed by atoms with Crippen molar-refractivity contribution in [2.24, 2.45) is 5.92 Å². The average Bonchev–Trinajstić information content (AvgIpc) is 2.17. The van der Waals surface area contributed by atoms with E-state index in [1.54, 1.807) is 6.92 Å². The van der Waals surface area contributed by atoms with Crippen molar-refractivity contribution in [1.29, 1.82) is 0 Å². The molecule has 0 aromatic carbocycles. The predicted octanol–water partition coefficient (Wildman–Crippen LogP) is 2.09. The van der Waals surface area contributed by atoms with E-state index in [1.165, 1.54) is 0 Å². The van der Waals surface area contributed by atoms with Crippen LogP contribution in [0.3, 0.4) is 0 Å². The highest BCUT2D eigenvalue weighted by Gasteiger charge is 2.20. The van der Waals surface area contributed by atoms with Gasteiger partial charge in [0, 0.05) is 19.0 Å². The molecule has 1 aliphatic heterocycles. The van der Waals surface area contributed by atoms with E-state index in [0.717, 1.165) is 25.9 Å². The molecule has 100 valence electrons. The number of rotatable bonds is 2. The molecule has 5 heteroatoms. The van der Waals surface area contributed by atoms with Crippen LogP contribution in [-0.4, -0.2) is 35.3 Å². The molecule has 0 atom stereocenters. The second-order valence-corrected chi connectivity index (χ2v) is 5.73. The highest BCUT2D eigenvalue weighted by Crippen LogP contribution is 2.18. The molecule has 0 N–H and O–H groups in total. The number of ether oxygens (including phenoxy) is 1. The minimum Gasteiger partial charge on any atom is -0.462 e. The Morgan fingerprint density at radius 1 is 1.35 bits per heavy atom. The molecule has 0 aliphatic carbocycles. The first kappa shape index (κ1) is 16.4. The number of hydrogen-bond acceptors (Lipinski definition) is 5. The zero-order valence-electron chi connectivity index (χ0n) is 11.1. The second kappa shape index (κ2) is 7.71. The molecule has 4 nitrogen and oxygen atoms in total. The lowest BCUT2D eigenvalue weighted by atomic mass is 9.95. The molecule has 1 aliphatic rings. The Morgan fingerprint density at radius 3 is 2.06 bits per heavy atom. The monoisotopic (exact) mass is 261 g/mol. The normalized spacial score (nSPS) is 17.9. The molecular formula is C12H23NO3S. The fourth-order valence-corrected chi connectivity index (χ4v) is 1.65. The van der Waals surface area contributed by atoms with Gasteiger partial charge in [-0.3, -0.25) is 13.9 Å². The number of ketones is 1. The molecule has 1 fully saturated rings. The van der Waals surface area contributed by atoms with Crippen LogP contribution < -0.4 is 0 Å². The Hall–Kier alpha value is -0.550. The molecule has 0 aromatic heterocycles. The summed E-state index contributed by atoms with van der Waals surface area (Å²) in [6.07, 6.45) is 1.97. The van der Waals surface area contributed by atoms with E-state index < -0.39 is 0 Å². The molecule has 0 radical (unpaired) electrons. The smallest absolute Gasteiger partial charge is 0.293 e. The molecule has 1 heterocycles. The van der Waals surface area contributed by atoms with E-state index in [9.17, 15) is 9.59 Å². The van der Waals surface area contributed by atoms with Crippen molar-refractivity contribution in [3.63, 3.8) is 0 Å². The second-order valence-electron chi connectivity index (χ2n) is 5.17. The number of Topliss-reactive ketones (excluding diaryl/α,β-unsaturated/α-hetero) is 1. The van der Waals surface area contributed by atoms with Gasteiger partial charge in [-0.25, -0.2) is 0 Å². The maximum atomic E-state index is 10.9. The van der Waals surface area contributed by atoms with Crippen molar-refractivity contribution < 1.29 is 14.3 Å². The largest absolute Gasteiger partial charge is 0.462 e. The lowest BCUT2D eigenvalue weighted by Crippen LogP contribution is -2.29. The van der Waals surface area contributed by atoms with Crippen molar-refractivity contribution in [2.75, 3.05) is 13.1 Å². The van der Waals surface area contributed by atoms with E-state index >= 15 is 0 Å². The summed E-state index contributed by atoms with van der Waals surface area (Å²) in [5.41, 5.74) is -0.318. The molecule has 0 saturated carbocycles. The van der Waals surface area contributed by atoms with Gasteiger partial charge in [0.25, 0.3) is 6.47 Å². The minimum absolute atomic E-state index is 0.309. The summed E-state index contributed by atoms with van der Waals surface area (Å²) in [5, 5.41) is 0. The summed E-state index contributed by atoms with van der Waals surface area (Å²) in [4.78, 5) is 20.5. The standard InChI is InChI=1S/C7H13NOS.C5H10O2/c1-6(9)7-2-4-8(10)5-3-7;1-5(2,3)7-4-6/h7,10H,2-5H2,1H3;4H,1-3H3. The summed E-state index contributed by atoms with van der Waals surface area (Å²) < 4.78 is 6.52. The molecule has 1 rings (SSSR count). The zero-order valence-corrected chi connectivity index (χ0v) is 12.0. The van der Waals surface area contributed by atoms with Crippen molar-refractivity contribution >= 4 is 25.1 Å². The maximum absolute atomic E-state index is 10.9. The lowest BCUT2D eigenvalue weighted by Gasteiger charge is -2.25. The maximum Gasteiger partial charge on any atom is 0.293 e. The zero-order chi connectivity index (χ0) is 13.5. The lowest BCUT2D eigenvalue weighted by molar-refractivity contribution is -0.138. The topological polar surface area (TPSA) is 46.6 Å². The predicted molar refractivity (Wildman–Crippen MR) is 70.9 cm³/mol. The highest BCUT2D eigenvalue weighted by molar-refractivity contribution is 7.77. The van der Waals surface area contributed by atoms with Gasteiger partial charge in [-0.1, -0.05) is 12.8 Å². The van der Waals surface area contributed by atoms with Crippen molar-refractivity contribution in [1.82, 2.24) is 4.31 Å². The minimum atomic E-state index is -0.318. The van der Waals surface area contributed by atoms with Crippen molar-refractivity contribution in [3.8, 4) is 0 Å². The highest BCUT2D eigenvalue weighted by atomic mass is 32.1. The number of hydrogen-bond donors (Lipinski definition) is 1. The van der Waals surface area contributed by atoms with E-state index in [2.05, 4.69) is 17.6 Å². The first-order valence-corrected chi connectivity index (χ1v) is 6.22. The molecule has 0 amide bonds. The van der Waals surface area contributed by atoms with Gasteiger partial charge < -0.3 is 4.74 Å². The van der Waals surface area contributed by atoms with E-state index in [1.807, 2.05) is 25.1 Å². The van der Waals surface area contributed by atoms with Crippen LogP contribution in [0.1, 0.15) is 40.5 Å². The Bertz CT molecular complexity index is 243. The molecular weight excluding hydrogens is 238 g/mol. The van der Waals surface area contributed by atoms with E-state index in [-0.39, 0.29) is 5.60 Å². The van der Waals surface area contributed by atoms with Gasteiger partial charge in [0.1, 0.15) is 11.4 Å². The first-order chi connectivity index (χ1) is 7.76. The van der Waals surface area contributed by atoms with Gasteiger partial charge in [0.2, 0.25) is 0 Å². The number of carbonyl (C=O) groups excluding carboxylic acids is 2. The Morgan fingerprint density at radius 2 is 1.82 bits per heavy atom. The summed E-state index contributed by atoms with van der Waals surface area (Å²) in [5.74, 6) is 0.643. The summed E-state index contributed by atoms with van der Waals surface area (Å²) >= 11 is 4.19. The van der Waals surface area contributed by atoms with Crippen molar-refractivity contribution in [2.45, 2.75) is 46.1 Å². The molecule has 0 unspecified atom stereocenters. The first-order valence-electron chi connectivity index (χ1n) is 5.82. The van der Waals surface area contributed by atoms with Crippen LogP contribution in [0, 0.1) is 5.92 Å². The van der Waals surface area contributed by atoms with E-state index in [0.29, 0.717) is 18.2 Å². The number of carbonyl (C=O) groups is 2. The van der Waals surface area contributed by atoms with Crippen LogP contribution in [0.4, 0.5) is 0 Å². The quantitative estimate of drug-likeness (QED) is 0.611. The SMILES string of the molecule is CC(=O)C1CCN(S)CC1.CC(C)(C)OC=O. The third-order valence-electron chi connectivity index (χ3n) is 2.45. The van der Waals surface area contributed by atoms with Gasteiger partial charge in [0.15, 0.2) is 0 Å². The Kier molecular flexibility index (Phi) is 7.46. The van der Waals surface area contributed by atoms with Gasteiger partial charge in [-0.2, -0.15) is 0 Å². The molecule has 1 saturated heterocycles. The Balaban J connectivity index is 0.000000325. The number of thiol groups is 1. The van der Waals surface area contributed by atoms with Crippen LogP contribution in [0.2, 0.25) is 0 Å². The average molecular weight is 261 g/mol. The summed E-state index contributed by atoms with van der Waals surface area (Å²) in [6.45, 7) is 9.50. The third-order valence-corrected chi connectivity index (χ3v) is 2.85. The molecule has 0 spiro atoms. The molecule has 0 bridgehead atoms. The fraction of sp³-hybridized carbons (Fsp3) is 0.833. The van der Waals surface area contributed by atoms with Crippen LogP contribution in [-0.2, 0) is 14.3 Å².